The fourth-order valence-corrected chi connectivity index (χ4v) is 3.24. The van der Waals surface area contributed by atoms with Crippen LogP contribution in [0.25, 0.3) is 0 Å². The van der Waals surface area contributed by atoms with E-state index < -0.39 is 11.6 Å². The van der Waals surface area contributed by atoms with Gasteiger partial charge in [-0.25, -0.2) is 4.79 Å². The zero-order valence-corrected chi connectivity index (χ0v) is 12.4. The van der Waals surface area contributed by atoms with E-state index in [2.05, 4.69) is 5.32 Å². The topological polar surface area (TPSA) is 55.4 Å². The molecule has 4 nitrogen and oxygen atoms in total. The number of amides is 1. The summed E-state index contributed by atoms with van der Waals surface area (Å²) in [7, 11) is 0. The standard InChI is InChI=1S/C17H21NO3/c1-17(16(20)18-13-8-3-2-4-9-13)11-12-7-5-6-10-14(12)15(19)21-17/h5-7,10,13H,2-4,8-9,11H2,1H3,(H,18,20)/t17-/m0/s1. The van der Waals surface area contributed by atoms with E-state index in [0.29, 0.717) is 12.0 Å². The maximum atomic E-state index is 12.6. The summed E-state index contributed by atoms with van der Waals surface area (Å²) < 4.78 is 5.45. The molecule has 3 rings (SSSR count). The van der Waals surface area contributed by atoms with Crippen LogP contribution in [0.2, 0.25) is 0 Å². The lowest BCUT2D eigenvalue weighted by atomic mass is 9.88. The van der Waals surface area contributed by atoms with Gasteiger partial charge in [0.15, 0.2) is 5.60 Å². The second-order valence-corrected chi connectivity index (χ2v) is 6.26. The van der Waals surface area contributed by atoms with Crippen LogP contribution in [0.1, 0.15) is 54.9 Å². The molecule has 0 saturated heterocycles. The van der Waals surface area contributed by atoms with E-state index in [-0.39, 0.29) is 11.9 Å². The molecule has 112 valence electrons. The van der Waals surface area contributed by atoms with Gasteiger partial charge in [0.25, 0.3) is 5.91 Å². The number of fused-ring (bicyclic) bond motifs is 1. The number of rotatable bonds is 2. The summed E-state index contributed by atoms with van der Waals surface area (Å²) in [6.45, 7) is 1.71. The second kappa shape index (κ2) is 5.51. The van der Waals surface area contributed by atoms with E-state index in [1.165, 1.54) is 6.42 Å². The van der Waals surface area contributed by atoms with Gasteiger partial charge in [-0.05, 0) is 31.4 Å². The number of cyclic esters (lactones) is 1. The molecule has 1 fully saturated rings. The predicted molar refractivity (Wildman–Crippen MR) is 79.0 cm³/mol. The highest BCUT2D eigenvalue weighted by molar-refractivity contribution is 5.97. The van der Waals surface area contributed by atoms with E-state index in [1.807, 2.05) is 18.2 Å². The molecular formula is C17H21NO3. The van der Waals surface area contributed by atoms with Crippen LogP contribution in [-0.2, 0) is 16.0 Å². The Morgan fingerprint density at radius 3 is 2.71 bits per heavy atom. The number of hydrogen-bond donors (Lipinski definition) is 1. The minimum Gasteiger partial charge on any atom is -0.445 e. The minimum absolute atomic E-state index is 0.169. The Labute approximate surface area is 124 Å². The van der Waals surface area contributed by atoms with Crippen molar-refractivity contribution in [3.8, 4) is 0 Å². The molecular weight excluding hydrogens is 266 g/mol. The van der Waals surface area contributed by atoms with Crippen LogP contribution in [0.5, 0.6) is 0 Å². The van der Waals surface area contributed by atoms with Crippen LogP contribution in [0.4, 0.5) is 0 Å². The molecule has 21 heavy (non-hydrogen) atoms. The maximum Gasteiger partial charge on any atom is 0.339 e. The van der Waals surface area contributed by atoms with Gasteiger partial charge in [0, 0.05) is 12.5 Å². The molecule has 0 spiro atoms. The first-order chi connectivity index (χ1) is 10.1. The lowest BCUT2D eigenvalue weighted by Crippen LogP contribution is -2.54. The molecule has 1 heterocycles. The largest absolute Gasteiger partial charge is 0.445 e. The zero-order chi connectivity index (χ0) is 14.9. The molecule has 0 unspecified atom stereocenters. The Morgan fingerprint density at radius 1 is 1.24 bits per heavy atom. The Kier molecular flexibility index (Phi) is 3.70. The number of benzene rings is 1. The molecule has 1 aromatic carbocycles. The van der Waals surface area contributed by atoms with Gasteiger partial charge < -0.3 is 10.1 Å². The molecule has 2 aliphatic rings. The van der Waals surface area contributed by atoms with Gasteiger partial charge in [-0.3, -0.25) is 4.79 Å². The van der Waals surface area contributed by atoms with E-state index >= 15 is 0 Å². The summed E-state index contributed by atoms with van der Waals surface area (Å²) in [6.07, 6.45) is 6.03. The maximum absolute atomic E-state index is 12.6. The first-order valence-corrected chi connectivity index (χ1v) is 7.71. The molecule has 1 atom stereocenters. The van der Waals surface area contributed by atoms with E-state index in [4.69, 9.17) is 4.74 Å². The van der Waals surface area contributed by atoms with Crippen molar-refractivity contribution in [1.29, 1.82) is 0 Å². The van der Waals surface area contributed by atoms with Gasteiger partial charge in [0.2, 0.25) is 0 Å². The van der Waals surface area contributed by atoms with Crippen LogP contribution < -0.4 is 5.32 Å². The number of carbonyl (C=O) groups is 2. The summed E-state index contributed by atoms with van der Waals surface area (Å²) in [4.78, 5) is 24.7. The van der Waals surface area contributed by atoms with Gasteiger partial charge in [-0.15, -0.1) is 0 Å². The van der Waals surface area contributed by atoms with E-state index in [1.54, 1.807) is 13.0 Å². The fourth-order valence-electron chi connectivity index (χ4n) is 3.24. The van der Waals surface area contributed by atoms with Crippen molar-refractivity contribution in [1.82, 2.24) is 5.32 Å². The molecule has 1 aromatic rings. The first-order valence-electron chi connectivity index (χ1n) is 7.71. The normalized spacial score (nSPS) is 25.9. The van der Waals surface area contributed by atoms with Gasteiger partial charge in [0.05, 0.1) is 5.56 Å². The van der Waals surface area contributed by atoms with Crippen molar-refractivity contribution < 1.29 is 14.3 Å². The summed E-state index contributed by atoms with van der Waals surface area (Å²) in [5, 5.41) is 3.06. The third kappa shape index (κ3) is 2.80. The molecule has 1 aliphatic carbocycles. The molecule has 1 N–H and O–H groups in total. The van der Waals surface area contributed by atoms with Crippen molar-refractivity contribution in [3.05, 3.63) is 35.4 Å². The number of ether oxygens (including phenoxy) is 1. The molecule has 1 saturated carbocycles. The lowest BCUT2D eigenvalue weighted by Gasteiger charge is -2.35. The summed E-state index contributed by atoms with van der Waals surface area (Å²) in [6, 6.07) is 7.55. The number of hydrogen-bond acceptors (Lipinski definition) is 3. The quantitative estimate of drug-likeness (QED) is 0.851. The molecule has 4 heteroatoms. The smallest absolute Gasteiger partial charge is 0.339 e. The Hall–Kier alpha value is -1.84. The Balaban J connectivity index is 1.75. The highest BCUT2D eigenvalue weighted by Crippen LogP contribution is 2.29. The fraction of sp³-hybridized carbons (Fsp3) is 0.529. The summed E-state index contributed by atoms with van der Waals surface area (Å²) >= 11 is 0. The number of esters is 1. The molecule has 1 aliphatic heterocycles. The van der Waals surface area contributed by atoms with Gasteiger partial charge >= 0.3 is 5.97 Å². The molecule has 0 aromatic heterocycles. The Bertz CT molecular complexity index is 563. The van der Waals surface area contributed by atoms with Crippen LogP contribution in [0.15, 0.2) is 24.3 Å². The van der Waals surface area contributed by atoms with E-state index in [0.717, 1.165) is 31.2 Å². The van der Waals surface area contributed by atoms with Crippen molar-refractivity contribution in [2.75, 3.05) is 0 Å². The average molecular weight is 287 g/mol. The second-order valence-electron chi connectivity index (χ2n) is 6.26. The van der Waals surface area contributed by atoms with Gasteiger partial charge in [-0.1, -0.05) is 37.5 Å². The summed E-state index contributed by atoms with van der Waals surface area (Å²) in [5.74, 6) is -0.574. The minimum atomic E-state index is -1.09. The highest BCUT2D eigenvalue weighted by atomic mass is 16.6. The van der Waals surface area contributed by atoms with Gasteiger partial charge in [-0.2, -0.15) is 0 Å². The van der Waals surface area contributed by atoms with Crippen LogP contribution in [0, 0.1) is 0 Å². The predicted octanol–water partition coefficient (Wildman–Crippen LogP) is 2.61. The Morgan fingerprint density at radius 2 is 1.95 bits per heavy atom. The van der Waals surface area contributed by atoms with Crippen LogP contribution in [0.3, 0.4) is 0 Å². The SMILES string of the molecule is C[C@@]1(C(=O)NC2CCCCC2)Cc2ccccc2C(=O)O1. The number of nitrogens with one attached hydrogen (secondary N) is 1. The third-order valence-electron chi connectivity index (χ3n) is 4.50. The van der Waals surface area contributed by atoms with Crippen molar-refractivity contribution >= 4 is 11.9 Å². The molecule has 0 bridgehead atoms. The first kappa shape index (κ1) is 14.1. The van der Waals surface area contributed by atoms with Crippen molar-refractivity contribution in [3.63, 3.8) is 0 Å². The summed E-state index contributed by atoms with van der Waals surface area (Å²) in [5.41, 5.74) is 0.360. The van der Waals surface area contributed by atoms with Crippen LogP contribution >= 0.6 is 0 Å². The van der Waals surface area contributed by atoms with Gasteiger partial charge in [0.1, 0.15) is 0 Å². The highest BCUT2D eigenvalue weighted by Gasteiger charge is 2.43. The lowest BCUT2D eigenvalue weighted by molar-refractivity contribution is -0.140. The number of carbonyl (C=O) groups excluding carboxylic acids is 2. The van der Waals surface area contributed by atoms with E-state index in [9.17, 15) is 9.59 Å². The van der Waals surface area contributed by atoms with Crippen molar-refractivity contribution in [2.45, 2.75) is 57.1 Å². The molecule has 1 amide bonds. The average Bonchev–Trinajstić information content (AvgIpc) is 2.48. The molecule has 0 radical (unpaired) electrons. The zero-order valence-electron chi connectivity index (χ0n) is 12.4. The van der Waals surface area contributed by atoms with Crippen LogP contribution in [-0.4, -0.2) is 23.5 Å². The monoisotopic (exact) mass is 287 g/mol. The third-order valence-corrected chi connectivity index (χ3v) is 4.50. The van der Waals surface area contributed by atoms with Crippen molar-refractivity contribution in [2.24, 2.45) is 0 Å².